The summed E-state index contributed by atoms with van der Waals surface area (Å²) in [7, 11) is 0. The fourth-order valence-corrected chi connectivity index (χ4v) is 0.924. The van der Waals surface area contributed by atoms with Crippen molar-refractivity contribution in [2.75, 3.05) is 13.2 Å². The van der Waals surface area contributed by atoms with E-state index in [0.717, 1.165) is 12.8 Å². The minimum absolute atomic E-state index is 0.627. The van der Waals surface area contributed by atoms with E-state index in [0.29, 0.717) is 13.2 Å². The summed E-state index contributed by atoms with van der Waals surface area (Å²) in [6.45, 7) is 5.56. The van der Waals surface area contributed by atoms with Crippen LogP contribution in [0.1, 0.15) is 52.4 Å². The molecule has 0 rings (SSSR count). The lowest BCUT2D eigenvalue weighted by Crippen LogP contribution is -2.00. The molecule has 0 heterocycles. The van der Waals surface area contributed by atoms with Crippen molar-refractivity contribution in [3.8, 4) is 0 Å². The molecular formula is C10H22O3. The van der Waals surface area contributed by atoms with E-state index in [4.69, 9.17) is 9.78 Å². The zero-order valence-corrected chi connectivity index (χ0v) is 8.88. The van der Waals surface area contributed by atoms with Crippen molar-refractivity contribution in [3.63, 3.8) is 0 Å². The summed E-state index contributed by atoms with van der Waals surface area (Å²) in [6.07, 6.45) is 6.82. The Labute approximate surface area is 81.2 Å². The van der Waals surface area contributed by atoms with E-state index in [-0.39, 0.29) is 0 Å². The molecular weight excluding hydrogens is 168 g/mol. The van der Waals surface area contributed by atoms with E-state index in [9.17, 15) is 0 Å². The van der Waals surface area contributed by atoms with Gasteiger partial charge in [0.25, 0.3) is 0 Å². The van der Waals surface area contributed by atoms with Gasteiger partial charge in [0.1, 0.15) is 0 Å². The summed E-state index contributed by atoms with van der Waals surface area (Å²) < 4.78 is 0. The third-order valence-electron chi connectivity index (χ3n) is 1.76. The van der Waals surface area contributed by atoms with Crippen molar-refractivity contribution >= 4 is 0 Å². The summed E-state index contributed by atoms with van der Waals surface area (Å²) in [5.74, 6) is 0. The molecule has 0 atom stereocenters. The quantitative estimate of drug-likeness (QED) is 0.301. The van der Waals surface area contributed by atoms with E-state index in [2.05, 4.69) is 18.9 Å². The van der Waals surface area contributed by atoms with Crippen molar-refractivity contribution in [1.82, 2.24) is 0 Å². The molecule has 0 aliphatic rings. The molecule has 0 unspecified atom stereocenters. The van der Waals surface area contributed by atoms with Crippen LogP contribution >= 0.6 is 0 Å². The Balaban J connectivity index is 2.76. The molecule has 0 saturated carbocycles. The molecule has 0 aromatic heterocycles. The third kappa shape index (κ3) is 11.9. The van der Waals surface area contributed by atoms with Crippen molar-refractivity contribution in [2.45, 2.75) is 52.4 Å². The second-order valence-electron chi connectivity index (χ2n) is 3.13. The predicted molar refractivity (Wildman–Crippen MR) is 52.0 cm³/mol. The summed E-state index contributed by atoms with van der Waals surface area (Å²) in [5.41, 5.74) is 0. The minimum atomic E-state index is 0.627. The molecule has 0 spiro atoms. The normalized spacial score (nSPS) is 10.6. The van der Waals surface area contributed by atoms with Crippen LogP contribution in [0.2, 0.25) is 0 Å². The zero-order chi connectivity index (χ0) is 9.78. The topological polar surface area (TPSA) is 27.7 Å². The molecule has 0 saturated heterocycles. The van der Waals surface area contributed by atoms with Crippen LogP contribution in [-0.4, -0.2) is 13.2 Å². The average Bonchev–Trinajstić information content (AvgIpc) is 2.16. The predicted octanol–water partition coefficient (Wildman–Crippen LogP) is 3.25. The molecule has 0 amide bonds. The second-order valence-corrected chi connectivity index (χ2v) is 3.13. The average molecular weight is 190 g/mol. The molecule has 0 radical (unpaired) electrons. The fourth-order valence-electron chi connectivity index (χ4n) is 0.924. The Kier molecular flexibility index (Phi) is 11.8. The fraction of sp³-hybridized carbons (Fsp3) is 1.00. The summed E-state index contributed by atoms with van der Waals surface area (Å²) >= 11 is 0. The first-order chi connectivity index (χ1) is 6.41. The number of unbranched alkanes of at least 4 members (excludes halogenated alkanes) is 4. The van der Waals surface area contributed by atoms with E-state index < -0.39 is 0 Å². The highest BCUT2D eigenvalue weighted by Crippen LogP contribution is 1.97. The summed E-state index contributed by atoms with van der Waals surface area (Å²) in [4.78, 5) is 9.59. The highest BCUT2D eigenvalue weighted by molar-refractivity contribution is 4.33. The van der Waals surface area contributed by atoms with Gasteiger partial charge in [-0.3, -0.25) is 0 Å². The van der Waals surface area contributed by atoms with Gasteiger partial charge in [-0.1, -0.05) is 44.6 Å². The highest BCUT2D eigenvalue weighted by atomic mass is 17.5. The van der Waals surface area contributed by atoms with E-state index in [1.165, 1.54) is 25.7 Å². The first-order valence-corrected chi connectivity index (χ1v) is 5.32. The summed E-state index contributed by atoms with van der Waals surface area (Å²) in [6, 6.07) is 0. The number of hydrogen-bond acceptors (Lipinski definition) is 3. The van der Waals surface area contributed by atoms with E-state index in [1.54, 1.807) is 0 Å². The van der Waals surface area contributed by atoms with Gasteiger partial charge in [-0.25, -0.2) is 9.78 Å². The second kappa shape index (κ2) is 11.9. The SMILES string of the molecule is CCCCCOOOCCCCC. The molecule has 3 nitrogen and oxygen atoms in total. The van der Waals surface area contributed by atoms with Gasteiger partial charge in [0.05, 0.1) is 13.2 Å². The van der Waals surface area contributed by atoms with Crippen LogP contribution in [0.5, 0.6) is 0 Å². The van der Waals surface area contributed by atoms with Gasteiger partial charge in [-0.05, 0) is 12.8 Å². The molecule has 0 aliphatic carbocycles. The van der Waals surface area contributed by atoms with Crippen LogP contribution in [-0.2, 0) is 14.8 Å². The first-order valence-electron chi connectivity index (χ1n) is 5.32. The van der Waals surface area contributed by atoms with Crippen molar-refractivity contribution in [3.05, 3.63) is 0 Å². The maximum atomic E-state index is 4.79. The Morgan fingerprint density at radius 1 is 0.692 bits per heavy atom. The molecule has 0 aromatic carbocycles. The van der Waals surface area contributed by atoms with Crippen molar-refractivity contribution < 1.29 is 14.8 Å². The van der Waals surface area contributed by atoms with Gasteiger partial charge >= 0.3 is 0 Å². The molecule has 0 aliphatic heterocycles. The maximum Gasteiger partial charge on any atom is 0.0853 e. The molecule has 0 bridgehead atoms. The van der Waals surface area contributed by atoms with Crippen LogP contribution in [0.15, 0.2) is 0 Å². The van der Waals surface area contributed by atoms with Gasteiger partial charge in [0.2, 0.25) is 0 Å². The van der Waals surface area contributed by atoms with Gasteiger partial charge in [-0.15, -0.1) is 0 Å². The Bertz CT molecular complexity index is 76.2. The van der Waals surface area contributed by atoms with Crippen LogP contribution in [0.3, 0.4) is 0 Å². The van der Waals surface area contributed by atoms with Crippen LogP contribution < -0.4 is 0 Å². The lowest BCUT2D eigenvalue weighted by atomic mass is 10.3. The summed E-state index contributed by atoms with van der Waals surface area (Å²) in [5, 5.41) is 4.53. The Hall–Kier alpha value is -0.120. The lowest BCUT2D eigenvalue weighted by Gasteiger charge is -2.02. The molecule has 0 N–H and O–H groups in total. The highest BCUT2D eigenvalue weighted by Gasteiger charge is 1.90. The van der Waals surface area contributed by atoms with Crippen LogP contribution in [0, 0.1) is 0 Å². The Morgan fingerprint density at radius 3 is 1.54 bits per heavy atom. The lowest BCUT2D eigenvalue weighted by molar-refractivity contribution is -0.512. The van der Waals surface area contributed by atoms with Gasteiger partial charge < -0.3 is 0 Å². The minimum Gasteiger partial charge on any atom is -0.206 e. The first kappa shape index (κ1) is 12.9. The molecule has 13 heavy (non-hydrogen) atoms. The van der Waals surface area contributed by atoms with E-state index >= 15 is 0 Å². The van der Waals surface area contributed by atoms with E-state index in [1.807, 2.05) is 0 Å². The van der Waals surface area contributed by atoms with Gasteiger partial charge in [-0.2, -0.15) is 0 Å². The molecule has 0 aromatic rings. The van der Waals surface area contributed by atoms with Crippen LogP contribution in [0.4, 0.5) is 0 Å². The number of rotatable bonds is 10. The van der Waals surface area contributed by atoms with Crippen molar-refractivity contribution in [2.24, 2.45) is 0 Å². The number of hydrogen-bond donors (Lipinski definition) is 0. The third-order valence-corrected chi connectivity index (χ3v) is 1.76. The van der Waals surface area contributed by atoms with Crippen LogP contribution in [0.25, 0.3) is 0 Å². The molecule has 3 heteroatoms. The monoisotopic (exact) mass is 190 g/mol. The maximum absolute atomic E-state index is 4.79. The zero-order valence-electron chi connectivity index (χ0n) is 8.88. The molecule has 0 fully saturated rings. The van der Waals surface area contributed by atoms with Gasteiger partial charge in [0.15, 0.2) is 0 Å². The largest absolute Gasteiger partial charge is 0.206 e. The van der Waals surface area contributed by atoms with Crippen molar-refractivity contribution in [1.29, 1.82) is 0 Å². The molecule has 80 valence electrons. The van der Waals surface area contributed by atoms with Gasteiger partial charge in [0, 0.05) is 0 Å². The Morgan fingerprint density at radius 2 is 1.15 bits per heavy atom. The standard InChI is InChI=1S/C10H22O3/c1-3-5-7-9-11-13-12-10-8-6-4-2/h3-10H2,1-2H3. The smallest absolute Gasteiger partial charge is 0.0853 e.